The lowest BCUT2D eigenvalue weighted by Crippen LogP contribution is -2.34. The second-order valence-corrected chi connectivity index (χ2v) is 5.62. The van der Waals surface area contributed by atoms with E-state index in [2.05, 4.69) is 20.8 Å². The van der Waals surface area contributed by atoms with E-state index in [4.69, 9.17) is 4.74 Å². The van der Waals surface area contributed by atoms with Gasteiger partial charge in [0.1, 0.15) is 11.8 Å². The number of methoxy groups -OCH3 is 1. The minimum Gasteiger partial charge on any atom is -0.497 e. The van der Waals surface area contributed by atoms with Crippen LogP contribution in [0, 0.1) is 0 Å². The Labute approximate surface area is 145 Å². The maximum Gasteiger partial charge on any atom is 0.262 e. The van der Waals surface area contributed by atoms with Crippen molar-refractivity contribution in [3.63, 3.8) is 0 Å². The van der Waals surface area contributed by atoms with Gasteiger partial charge in [-0.15, -0.1) is 0 Å². The van der Waals surface area contributed by atoms with E-state index in [9.17, 15) is 4.79 Å². The average molecular weight is 336 g/mol. The number of carbonyl (C=O) groups excluding carboxylic acids is 1. The molecule has 1 atom stereocenters. The predicted molar refractivity (Wildman–Crippen MR) is 100 cm³/mol. The van der Waals surface area contributed by atoms with E-state index < -0.39 is 6.04 Å². The molecule has 6 heteroatoms. The van der Waals surface area contributed by atoms with Gasteiger partial charge in [-0.2, -0.15) is 5.10 Å². The molecular weight excluding hydrogens is 316 g/mol. The highest BCUT2D eigenvalue weighted by molar-refractivity contribution is 5.99. The van der Waals surface area contributed by atoms with Crippen molar-refractivity contribution < 1.29 is 9.53 Å². The van der Waals surface area contributed by atoms with Crippen LogP contribution in [0.25, 0.3) is 10.9 Å². The molecule has 128 valence electrons. The van der Waals surface area contributed by atoms with E-state index in [1.54, 1.807) is 20.2 Å². The third-order valence-corrected chi connectivity index (χ3v) is 3.87. The summed E-state index contributed by atoms with van der Waals surface area (Å²) in [6.07, 6.45) is 3.50. The molecule has 1 amide bonds. The molecule has 0 saturated heterocycles. The average Bonchev–Trinajstić information content (AvgIpc) is 3.05. The molecule has 1 heterocycles. The molecule has 0 radical (unpaired) electrons. The summed E-state index contributed by atoms with van der Waals surface area (Å²) in [4.78, 5) is 15.3. The van der Waals surface area contributed by atoms with E-state index in [1.165, 1.54) is 0 Å². The number of ether oxygens (including phenoxy) is 1. The van der Waals surface area contributed by atoms with Crippen LogP contribution in [0.2, 0.25) is 0 Å². The fourth-order valence-electron chi connectivity index (χ4n) is 2.47. The normalized spacial score (nSPS) is 12.2. The van der Waals surface area contributed by atoms with Crippen molar-refractivity contribution in [3.8, 4) is 5.75 Å². The van der Waals surface area contributed by atoms with Crippen molar-refractivity contribution in [2.75, 3.05) is 12.4 Å². The Morgan fingerprint density at radius 2 is 1.96 bits per heavy atom. The summed E-state index contributed by atoms with van der Waals surface area (Å²) in [5.41, 5.74) is 5.35. The number of hydrogen-bond acceptors (Lipinski definition) is 4. The molecule has 0 saturated carbocycles. The first kappa shape index (κ1) is 16.6. The minimum atomic E-state index is -0.423. The maximum absolute atomic E-state index is 12.1. The van der Waals surface area contributed by atoms with E-state index in [0.717, 1.165) is 27.9 Å². The molecule has 0 bridgehead atoms. The first-order valence-electron chi connectivity index (χ1n) is 7.97. The Kier molecular flexibility index (Phi) is 4.99. The third kappa shape index (κ3) is 3.98. The Morgan fingerprint density at radius 1 is 1.20 bits per heavy atom. The molecule has 0 unspecified atom stereocenters. The Hall–Kier alpha value is -3.28. The SMILES string of the molecule is COc1ccc(N[C@H](C)C(=O)N/N=C\c2c[nH]c3ccccc23)cc1. The van der Waals surface area contributed by atoms with Crippen LogP contribution >= 0.6 is 0 Å². The number of amides is 1. The first-order valence-corrected chi connectivity index (χ1v) is 7.97. The molecule has 3 aromatic rings. The minimum absolute atomic E-state index is 0.216. The number of aromatic nitrogens is 1. The molecule has 2 aromatic carbocycles. The number of nitrogens with one attached hydrogen (secondary N) is 3. The van der Waals surface area contributed by atoms with Crippen molar-refractivity contribution in [1.29, 1.82) is 0 Å². The number of aromatic amines is 1. The van der Waals surface area contributed by atoms with E-state index in [-0.39, 0.29) is 5.91 Å². The smallest absolute Gasteiger partial charge is 0.262 e. The molecule has 0 spiro atoms. The number of nitrogens with zero attached hydrogens (tertiary/aromatic N) is 1. The number of para-hydroxylation sites is 1. The van der Waals surface area contributed by atoms with Gasteiger partial charge in [0.15, 0.2) is 0 Å². The Balaban J connectivity index is 1.57. The van der Waals surface area contributed by atoms with Gasteiger partial charge in [-0.1, -0.05) is 18.2 Å². The van der Waals surface area contributed by atoms with Crippen molar-refractivity contribution in [2.45, 2.75) is 13.0 Å². The fourth-order valence-corrected chi connectivity index (χ4v) is 2.47. The van der Waals surface area contributed by atoms with Crippen molar-refractivity contribution in [3.05, 3.63) is 60.3 Å². The van der Waals surface area contributed by atoms with Crippen LogP contribution in [0.3, 0.4) is 0 Å². The molecule has 1 aromatic heterocycles. The van der Waals surface area contributed by atoms with Gasteiger partial charge >= 0.3 is 0 Å². The van der Waals surface area contributed by atoms with Crippen LogP contribution in [0.1, 0.15) is 12.5 Å². The third-order valence-electron chi connectivity index (χ3n) is 3.87. The van der Waals surface area contributed by atoms with Gasteiger partial charge < -0.3 is 15.0 Å². The number of carbonyl (C=O) groups is 1. The fraction of sp³-hybridized carbons (Fsp3) is 0.158. The van der Waals surface area contributed by atoms with Crippen LogP contribution in [-0.2, 0) is 4.79 Å². The first-order chi connectivity index (χ1) is 12.2. The highest BCUT2D eigenvalue weighted by Crippen LogP contribution is 2.16. The molecule has 0 aliphatic heterocycles. The maximum atomic E-state index is 12.1. The standard InChI is InChI=1S/C19H20N4O2/c1-13(22-15-7-9-16(25-2)10-8-15)19(24)23-21-12-14-11-20-18-6-4-3-5-17(14)18/h3-13,20,22H,1-2H3,(H,23,24)/b21-12-/t13-/m1/s1. The van der Waals surface area contributed by atoms with E-state index in [0.29, 0.717) is 0 Å². The number of H-pyrrole nitrogens is 1. The lowest BCUT2D eigenvalue weighted by Gasteiger charge is -2.13. The zero-order valence-corrected chi connectivity index (χ0v) is 14.1. The molecule has 0 fully saturated rings. The molecule has 0 aliphatic rings. The number of benzene rings is 2. The van der Waals surface area contributed by atoms with Crippen LogP contribution in [0.15, 0.2) is 59.8 Å². The summed E-state index contributed by atoms with van der Waals surface area (Å²) in [7, 11) is 1.62. The van der Waals surface area contributed by atoms with Crippen molar-refractivity contribution >= 4 is 28.7 Å². The molecule has 6 nitrogen and oxygen atoms in total. The quantitative estimate of drug-likeness (QED) is 0.478. The highest BCUT2D eigenvalue weighted by Gasteiger charge is 2.11. The highest BCUT2D eigenvalue weighted by atomic mass is 16.5. The topological polar surface area (TPSA) is 78.5 Å². The number of rotatable bonds is 6. The van der Waals surface area contributed by atoms with Gasteiger partial charge in [-0.05, 0) is 37.3 Å². The summed E-state index contributed by atoms with van der Waals surface area (Å²) >= 11 is 0. The van der Waals surface area contributed by atoms with Crippen LogP contribution < -0.4 is 15.5 Å². The summed E-state index contributed by atoms with van der Waals surface area (Å²) in [6.45, 7) is 1.78. The molecular formula is C19H20N4O2. The number of hydrazone groups is 1. The van der Waals surface area contributed by atoms with Gasteiger partial charge in [0.05, 0.1) is 13.3 Å². The Morgan fingerprint density at radius 3 is 2.72 bits per heavy atom. The van der Waals surface area contributed by atoms with Gasteiger partial charge in [0.2, 0.25) is 0 Å². The van der Waals surface area contributed by atoms with Crippen LogP contribution in [0.4, 0.5) is 5.69 Å². The zero-order chi connectivity index (χ0) is 17.6. The van der Waals surface area contributed by atoms with Gasteiger partial charge in [-0.25, -0.2) is 5.43 Å². The van der Waals surface area contributed by atoms with Crippen molar-refractivity contribution in [2.24, 2.45) is 5.10 Å². The summed E-state index contributed by atoms with van der Waals surface area (Å²) in [5.74, 6) is 0.554. The number of fused-ring (bicyclic) bond motifs is 1. The summed E-state index contributed by atoms with van der Waals surface area (Å²) in [5, 5.41) is 8.23. The van der Waals surface area contributed by atoms with Gasteiger partial charge in [-0.3, -0.25) is 4.79 Å². The zero-order valence-electron chi connectivity index (χ0n) is 14.1. The second-order valence-electron chi connectivity index (χ2n) is 5.62. The second kappa shape index (κ2) is 7.53. The van der Waals surface area contributed by atoms with E-state index >= 15 is 0 Å². The largest absolute Gasteiger partial charge is 0.497 e. The molecule has 0 aliphatic carbocycles. The van der Waals surface area contributed by atoms with Crippen LogP contribution in [-0.4, -0.2) is 30.3 Å². The van der Waals surface area contributed by atoms with Gasteiger partial charge in [0, 0.05) is 28.4 Å². The predicted octanol–water partition coefficient (Wildman–Crippen LogP) is 3.13. The van der Waals surface area contributed by atoms with Crippen molar-refractivity contribution in [1.82, 2.24) is 10.4 Å². The lowest BCUT2D eigenvalue weighted by atomic mass is 10.2. The summed E-state index contributed by atoms with van der Waals surface area (Å²) < 4.78 is 5.11. The Bertz CT molecular complexity index is 884. The van der Waals surface area contributed by atoms with Gasteiger partial charge in [0.25, 0.3) is 5.91 Å². The monoisotopic (exact) mass is 336 g/mol. The number of hydrogen-bond donors (Lipinski definition) is 3. The molecule has 3 rings (SSSR count). The molecule has 25 heavy (non-hydrogen) atoms. The number of anilines is 1. The summed E-state index contributed by atoms with van der Waals surface area (Å²) in [6, 6.07) is 14.9. The molecule has 3 N–H and O–H groups in total. The van der Waals surface area contributed by atoms with E-state index in [1.807, 2.05) is 54.7 Å². The lowest BCUT2D eigenvalue weighted by molar-refractivity contribution is -0.121. The van der Waals surface area contributed by atoms with Crippen LogP contribution in [0.5, 0.6) is 5.75 Å².